The Balaban J connectivity index is 1.98. The minimum atomic E-state index is -0.797. The summed E-state index contributed by atoms with van der Waals surface area (Å²) in [5.41, 5.74) is 3.64. The fourth-order valence-corrected chi connectivity index (χ4v) is 4.29. The van der Waals surface area contributed by atoms with Crippen molar-refractivity contribution in [3.05, 3.63) is 36.2 Å². The molecule has 0 radical (unpaired) electrons. The van der Waals surface area contributed by atoms with E-state index in [2.05, 4.69) is 32.3 Å². The molecule has 0 saturated carbocycles. The van der Waals surface area contributed by atoms with Gasteiger partial charge >= 0.3 is 12.0 Å². The number of nitrogens with zero attached hydrogens (tertiary/aromatic N) is 3. The van der Waals surface area contributed by atoms with E-state index in [1.165, 1.54) is 0 Å². The maximum absolute atomic E-state index is 11.4. The third kappa shape index (κ3) is 7.04. The monoisotopic (exact) mass is 472 g/mol. The summed E-state index contributed by atoms with van der Waals surface area (Å²) in [6, 6.07) is 6.85. The minimum absolute atomic E-state index is 0.0702. The number of carboxylic acids is 1. The Bertz CT molecular complexity index is 903. The fraction of sp³-hybridized carbons (Fsp3) is 0.560. The van der Waals surface area contributed by atoms with Crippen molar-refractivity contribution < 1.29 is 24.1 Å². The van der Waals surface area contributed by atoms with Gasteiger partial charge in [0.25, 0.3) is 0 Å². The van der Waals surface area contributed by atoms with Crippen LogP contribution in [-0.2, 0) is 14.3 Å². The number of aliphatic carboxylic acids is 1. The second kappa shape index (κ2) is 13.1. The van der Waals surface area contributed by atoms with Crippen molar-refractivity contribution in [3.63, 3.8) is 0 Å². The molecule has 1 aliphatic rings. The Morgan fingerprint density at radius 2 is 2.00 bits per heavy atom. The molecule has 0 amide bonds. The van der Waals surface area contributed by atoms with Crippen LogP contribution in [0.3, 0.4) is 0 Å². The van der Waals surface area contributed by atoms with Crippen LogP contribution in [0.15, 0.2) is 30.6 Å². The van der Waals surface area contributed by atoms with Gasteiger partial charge in [0.2, 0.25) is 0 Å². The first-order valence-electron chi connectivity index (χ1n) is 12.0. The first kappa shape index (κ1) is 25.7. The molecule has 9 nitrogen and oxygen atoms in total. The predicted molar refractivity (Wildman–Crippen MR) is 131 cm³/mol. The van der Waals surface area contributed by atoms with Crippen molar-refractivity contribution in [1.29, 1.82) is 0 Å². The number of carbonyl (C=O) groups is 1. The Hall–Kier alpha value is -2.91. The number of benzene rings is 1. The number of nitrogens with one attached hydrogen (secondary N) is 1. The first-order valence-corrected chi connectivity index (χ1v) is 12.0. The van der Waals surface area contributed by atoms with Crippen LogP contribution in [0.2, 0.25) is 0 Å². The number of hydrogen-bond donors (Lipinski definition) is 2. The summed E-state index contributed by atoms with van der Waals surface area (Å²) in [7, 11) is 1.71. The maximum Gasteiger partial charge on any atom is 0.316 e. The van der Waals surface area contributed by atoms with E-state index in [0.717, 1.165) is 61.6 Å². The number of carboxylic acid groups (broad SMARTS) is 1. The summed E-state index contributed by atoms with van der Waals surface area (Å²) in [5.74, 6) is -0.867. The third-order valence-corrected chi connectivity index (χ3v) is 6.06. The Morgan fingerprint density at radius 1 is 1.26 bits per heavy atom. The van der Waals surface area contributed by atoms with E-state index in [0.29, 0.717) is 25.3 Å². The predicted octanol–water partition coefficient (Wildman–Crippen LogP) is 4.22. The van der Waals surface area contributed by atoms with Crippen LogP contribution in [0.1, 0.15) is 51.0 Å². The maximum atomic E-state index is 11.4. The smallest absolute Gasteiger partial charge is 0.316 e. The lowest BCUT2D eigenvalue weighted by atomic mass is 9.92. The molecule has 1 aromatic heterocycles. The van der Waals surface area contributed by atoms with Gasteiger partial charge in [-0.15, -0.1) is 0 Å². The summed E-state index contributed by atoms with van der Waals surface area (Å²) >= 11 is 0. The molecular formula is C25H36N4O5. The number of rotatable bonds is 13. The number of ether oxygens (including phenoxy) is 3. The van der Waals surface area contributed by atoms with Gasteiger partial charge in [-0.05, 0) is 49.8 Å². The molecule has 1 aliphatic heterocycles. The second-order valence-electron chi connectivity index (χ2n) is 8.32. The van der Waals surface area contributed by atoms with Crippen LogP contribution in [0.25, 0.3) is 0 Å². The van der Waals surface area contributed by atoms with Crippen molar-refractivity contribution >= 4 is 23.0 Å². The number of hydrogen-bond acceptors (Lipinski definition) is 8. The highest BCUT2D eigenvalue weighted by Crippen LogP contribution is 2.36. The van der Waals surface area contributed by atoms with Crippen LogP contribution in [0.4, 0.5) is 17.1 Å². The Labute approximate surface area is 201 Å². The lowest BCUT2D eigenvalue weighted by Crippen LogP contribution is -2.41. The first-order chi connectivity index (χ1) is 16.5. The van der Waals surface area contributed by atoms with Crippen LogP contribution >= 0.6 is 0 Å². The van der Waals surface area contributed by atoms with Gasteiger partial charge in [-0.1, -0.05) is 13.0 Å². The second-order valence-corrected chi connectivity index (χ2v) is 8.32. The van der Waals surface area contributed by atoms with Crippen molar-refractivity contribution in [2.75, 3.05) is 50.3 Å². The highest BCUT2D eigenvalue weighted by molar-refractivity contribution is 5.77. The minimum Gasteiger partial charge on any atom is -0.481 e. The fourth-order valence-electron chi connectivity index (χ4n) is 4.29. The van der Waals surface area contributed by atoms with Gasteiger partial charge in [-0.2, -0.15) is 0 Å². The van der Waals surface area contributed by atoms with Crippen molar-refractivity contribution in [1.82, 2.24) is 9.97 Å². The molecule has 2 heterocycles. The average molecular weight is 473 g/mol. The van der Waals surface area contributed by atoms with Gasteiger partial charge in [0, 0.05) is 32.9 Å². The molecule has 2 aromatic rings. The van der Waals surface area contributed by atoms with Gasteiger partial charge in [0.05, 0.1) is 49.1 Å². The number of aromatic nitrogens is 2. The molecule has 1 fully saturated rings. The van der Waals surface area contributed by atoms with Gasteiger partial charge in [0.1, 0.15) is 0 Å². The SMILES string of the molecule is CCOc1ncc(Nc2cc(C(CC)CC(=O)O)ccc2N(CCOC)C2CCOCC2)cn1. The van der Waals surface area contributed by atoms with Crippen LogP contribution in [0.5, 0.6) is 6.01 Å². The molecule has 34 heavy (non-hydrogen) atoms. The average Bonchev–Trinajstić information content (AvgIpc) is 2.85. The topological polar surface area (TPSA) is 106 Å². The van der Waals surface area contributed by atoms with E-state index in [9.17, 15) is 9.90 Å². The van der Waals surface area contributed by atoms with E-state index < -0.39 is 5.97 Å². The van der Waals surface area contributed by atoms with E-state index in [1.807, 2.05) is 19.9 Å². The summed E-state index contributed by atoms with van der Waals surface area (Å²) in [6.45, 7) is 7.21. The Morgan fingerprint density at radius 3 is 2.62 bits per heavy atom. The third-order valence-electron chi connectivity index (χ3n) is 6.06. The highest BCUT2D eigenvalue weighted by Gasteiger charge is 2.25. The molecule has 2 N–H and O–H groups in total. The van der Waals surface area contributed by atoms with E-state index in [1.54, 1.807) is 19.5 Å². The molecule has 3 rings (SSSR count). The molecule has 1 unspecified atom stereocenters. The van der Waals surface area contributed by atoms with E-state index >= 15 is 0 Å². The van der Waals surface area contributed by atoms with Gasteiger partial charge in [0.15, 0.2) is 0 Å². The highest BCUT2D eigenvalue weighted by atomic mass is 16.5. The van der Waals surface area contributed by atoms with Crippen molar-refractivity contribution in [2.24, 2.45) is 0 Å². The molecular weight excluding hydrogens is 436 g/mol. The van der Waals surface area contributed by atoms with Crippen molar-refractivity contribution in [2.45, 2.75) is 51.5 Å². The Kier molecular flexibility index (Phi) is 9.90. The molecule has 1 aromatic carbocycles. The molecule has 0 aliphatic carbocycles. The van der Waals surface area contributed by atoms with Gasteiger partial charge in [-0.3, -0.25) is 4.79 Å². The molecule has 0 bridgehead atoms. The molecule has 9 heteroatoms. The lowest BCUT2D eigenvalue weighted by molar-refractivity contribution is -0.137. The normalized spacial score (nSPS) is 15.0. The molecule has 186 valence electrons. The lowest BCUT2D eigenvalue weighted by Gasteiger charge is -2.37. The largest absolute Gasteiger partial charge is 0.481 e. The number of anilines is 3. The van der Waals surface area contributed by atoms with Crippen LogP contribution in [-0.4, -0.2) is 67.2 Å². The van der Waals surface area contributed by atoms with E-state index in [4.69, 9.17) is 14.2 Å². The van der Waals surface area contributed by atoms with E-state index in [-0.39, 0.29) is 12.3 Å². The quantitative estimate of drug-likeness (QED) is 0.443. The van der Waals surface area contributed by atoms with Crippen LogP contribution in [0, 0.1) is 0 Å². The number of methoxy groups -OCH3 is 1. The molecule has 1 atom stereocenters. The van der Waals surface area contributed by atoms with Crippen molar-refractivity contribution in [3.8, 4) is 6.01 Å². The molecule has 0 spiro atoms. The summed E-state index contributed by atoms with van der Waals surface area (Å²) in [5, 5.41) is 12.9. The summed E-state index contributed by atoms with van der Waals surface area (Å²) in [4.78, 5) is 22.3. The zero-order valence-electron chi connectivity index (χ0n) is 20.3. The van der Waals surface area contributed by atoms with Gasteiger partial charge in [-0.25, -0.2) is 9.97 Å². The zero-order chi connectivity index (χ0) is 24.3. The zero-order valence-corrected chi connectivity index (χ0v) is 20.3. The summed E-state index contributed by atoms with van der Waals surface area (Å²) < 4.78 is 16.4. The molecule has 1 saturated heterocycles. The summed E-state index contributed by atoms with van der Waals surface area (Å²) in [6.07, 6.45) is 6.09. The standard InChI is InChI=1S/C25H36N4O5/c1-4-18(15-24(30)31)19-6-7-23(29(10-13-32-3)21-8-11-33-12-9-21)22(14-19)28-20-16-26-25(27-17-20)34-5-2/h6-7,14,16-18,21,28H,4-5,8-13,15H2,1-3H3,(H,30,31). The van der Waals surface area contributed by atoms with Crippen LogP contribution < -0.4 is 15.0 Å². The van der Waals surface area contributed by atoms with Gasteiger partial charge < -0.3 is 29.5 Å².